The summed E-state index contributed by atoms with van der Waals surface area (Å²) in [4.78, 5) is 0. The number of nitrogens with zero attached hydrogens (tertiary/aromatic N) is 2. The number of benzene rings is 1. The number of hydrogen-bond acceptors (Lipinski definition) is 0. The van der Waals surface area contributed by atoms with Gasteiger partial charge in [0.05, 0.1) is 16.6 Å². The van der Waals surface area contributed by atoms with Crippen molar-refractivity contribution in [3.63, 3.8) is 0 Å². The number of aromatic nitrogens is 2. The Morgan fingerprint density at radius 1 is 0.786 bits per heavy atom. The van der Waals surface area contributed by atoms with Gasteiger partial charge in [-0.3, -0.25) is 4.52 Å². The number of para-hydroxylation sites is 1. The van der Waals surface area contributed by atoms with Gasteiger partial charge in [0.1, 0.15) is 0 Å². The van der Waals surface area contributed by atoms with Gasteiger partial charge in [-0.05, 0) is 24.3 Å². The van der Waals surface area contributed by atoms with Crippen molar-refractivity contribution < 1.29 is 0 Å². The minimum Gasteiger partial charge on any atom is -0.256 e. The molecule has 0 amide bonds. The van der Waals surface area contributed by atoms with E-state index < -0.39 is 0 Å². The highest BCUT2D eigenvalue weighted by Crippen LogP contribution is 2.25. The van der Waals surface area contributed by atoms with Crippen LogP contribution in [0.1, 0.15) is 0 Å². The number of rotatable bonds is 0. The Morgan fingerprint density at radius 3 is 2.71 bits per heavy atom. The number of fused-ring (bicyclic) bond motifs is 3. The average molecular weight is 180 g/mol. The molecular formula is C12H8N2. The second-order valence-electron chi connectivity index (χ2n) is 3.63. The molecule has 0 spiro atoms. The van der Waals surface area contributed by atoms with E-state index in [0.717, 1.165) is 0 Å². The minimum atomic E-state index is 1.26. The second-order valence-corrected chi connectivity index (χ2v) is 3.63. The van der Waals surface area contributed by atoms with Crippen molar-refractivity contribution in [2.75, 3.05) is 0 Å². The molecule has 0 saturated heterocycles. The molecule has 0 N–H and O–H groups in total. The van der Waals surface area contributed by atoms with Gasteiger partial charge in [0, 0.05) is 11.6 Å². The first-order valence-electron chi connectivity index (χ1n) is 4.74. The maximum atomic E-state index is 2.24. The van der Waals surface area contributed by atoms with Crippen LogP contribution in [0.5, 0.6) is 0 Å². The highest BCUT2D eigenvalue weighted by atomic mass is 15.3. The normalized spacial score (nSPS) is 12.3. The molecule has 4 aromatic rings. The summed E-state index contributed by atoms with van der Waals surface area (Å²) in [6.45, 7) is 0. The summed E-state index contributed by atoms with van der Waals surface area (Å²) in [7, 11) is 0. The lowest BCUT2D eigenvalue weighted by Crippen LogP contribution is -1.85. The van der Waals surface area contributed by atoms with Crippen molar-refractivity contribution in [2.24, 2.45) is 0 Å². The Kier molecular flexibility index (Phi) is 0.892. The zero-order valence-electron chi connectivity index (χ0n) is 7.51. The Balaban J connectivity index is 2.56. The van der Waals surface area contributed by atoms with Crippen LogP contribution in [0.3, 0.4) is 0 Å². The Morgan fingerprint density at radius 2 is 1.71 bits per heavy atom. The fourth-order valence-electron chi connectivity index (χ4n) is 2.31. The molecule has 0 saturated carbocycles. The summed E-state index contributed by atoms with van der Waals surface area (Å²) in [6.07, 6.45) is 2.12. The van der Waals surface area contributed by atoms with E-state index in [9.17, 15) is 0 Å². The lowest BCUT2D eigenvalue weighted by atomic mass is 10.2. The topological polar surface area (TPSA) is 8.82 Å². The highest BCUT2D eigenvalue weighted by molar-refractivity contribution is 5.97. The van der Waals surface area contributed by atoms with Crippen molar-refractivity contribution in [2.45, 2.75) is 0 Å². The molecule has 2 nitrogen and oxygen atoms in total. The van der Waals surface area contributed by atoms with E-state index in [2.05, 4.69) is 57.7 Å². The second kappa shape index (κ2) is 1.93. The first-order valence-corrected chi connectivity index (χ1v) is 4.74. The van der Waals surface area contributed by atoms with Crippen LogP contribution in [-0.2, 0) is 0 Å². The van der Waals surface area contributed by atoms with Gasteiger partial charge in [-0.15, -0.1) is 0 Å². The SMILES string of the molecule is c1ccc2c(c1)c1ccc3ccn2n31. The zero-order valence-corrected chi connectivity index (χ0v) is 7.51. The molecule has 0 aliphatic carbocycles. The molecule has 0 aliphatic heterocycles. The van der Waals surface area contributed by atoms with E-state index >= 15 is 0 Å². The molecule has 0 bridgehead atoms. The minimum absolute atomic E-state index is 1.26. The van der Waals surface area contributed by atoms with Gasteiger partial charge in [-0.25, -0.2) is 4.52 Å². The summed E-state index contributed by atoms with van der Waals surface area (Å²) in [5.41, 5.74) is 3.83. The van der Waals surface area contributed by atoms with Gasteiger partial charge in [0.2, 0.25) is 0 Å². The van der Waals surface area contributed by atoms with E-state index in [1.807, 2.05) is 0 Å². The fraction of sp³-hybridized carbons (Fsp3) is 0. The molecule has 3 aromatic heterocycles. The quantitative estimate of drug-likeness (QED) is 0.393. The van der Waals surface area contributed by atoms with Crippen LogP contribution < -0.4 is 0 Å². The summed E-state index contributed by atoms with van der Waals surface area (Å²) in [6, 6.07) is 15.0. The third kappa shape index (κ3) is 0.538. The first kappa shape index (κ1) is 6.49. The molecule has 1 aromatic carbocycles. The van der Waals surface area contributed by atoms with Crippen LogP contribution in [0.15, 0.2) is 48.7 Å². The van der Waals surface area contributed by atoms with Gasteiger partial charge < -0.3 is 0 Å². The summed E-state index contributed by atoms with van der Waals surface area (Å²) in [5, 5.41) is 1.32. The molecule has 0 aliphatic rings. The molecule has 2 heteroatoms. The average Bonchev–Trinajstić information content (AvgIpc) is 2.86. The van der Waals surface area contributed by atoms with Crippen molar-refractivity contribution in [1.29, 1.82) is 0 Å². The van der Waals surface area contributed by atoms with Crippen LogP contribution in [0.4, 0.5) is 0 Å². The summed E-state index contributed by atoms with van der Waals surface area (Å²) in [5.74, 6) is 0. The maximum Gasteiger partial charge on any atom is 0.0731 e. The van der Waals surface area contributed by atoms with E-state index in [0.29, 0.717) is 0 Å². The lowest BCUT2D eigenvalue weighted by Gasteiger charge is -1.89. The predicted molar refractivity (Wildman–Crippen MR) is 57.0 cm³/mol. The molecule has 0 unspecified atom stereocenters. The van der Waals surface area contributed by atoms with Crippen LogP contribution in [0.2, 0.25) is 0 Å². The molecule has 0 atom stereocenters. The lowest BCUT2D eigenvalue weighted by molar-refractivity contribution is 0.931. The van der Waals surface area contributed by atoms with Gasteiger partial charge in [0.15, 0.2) is 0 Å². The molecule has 3 heterocycles. The smallest absolute Gasteiger partial charge is 0.0731 e. The van der Waals surface area contributed by atoms with Gasteiger partial charge in [-0.1, -0.05) is 18.2 Å². The first-order chi connectivity index (χ1) is 6.95. The molecule has 0 radical (unpaired) electrons. The van der Waals surface area contributed by atoms with Crippen molar-refractivity contribution in [1.82, 2.24) is 9.03 Å². The number of hydrogen-bond donors (Lipinski definition) is 0. The molecular weight excluding hydrogens is 172 g/mol. The third-order valence-corrected chi connectivity index (χ3v) is 2.91. The van der Waals surface area contributed by atoms with Crippen molar-refractivity contribution in [3.8, 4) is 0 Å². The van der Waals surface area contributed by atoms with Crippen molar-refractivity contribution in [3.05, 3.63) is 48.7 Å². The van der Waals surface area contributed by atoms with Crippen LogP contribution in [0.25, 0.3) is 21.9 Å². The van der Waals surface area contributed by atoms with E-state index in [4.69, 9.17) is 0 Å². The molecule has 4 rings (SSSR count). The van der Waals surface area contributed by atoms with E-state index in [-0.39, 0.29) is 0 Å². The largest absolute Gasteiger partial charge is 0.256 e. The zero-order chi connectivity index (χ0) is 9.12. The molecule has 14 heavy (non-hydrogen) atoms. The standard InChI is InChI=1S/C12H8N2/c1-2-4-11-10(3-1)12-6-5-9-7-8-13(11)14(9)12/h1-8H. The summed E-state index contributed by atoms with van der Waals surface area (Å²) >= 11 is 0. The predicted octanol–water partition coefficient (Wildman–Crippen LogP) is 2.78. The maximum absolute atomic E-state index is 2.24. The van der Waals surface area contributed by atoms with E-state index in [1.165, 1.54) is 21.9 Å². The molecule has 66 valence electrons. The summed E-state index contributed by atoms with van der Waals surface area (Å²) < 4.78 is 4.44. The fourth-order valence-corrected chi connectivity index (χ4v) is 2.31. The van der Waals surface area contributed by atoms with Gasteiger partial charge in [-0.2, -0.15) is 0 Å². The highest BCUT2D eigenvalue weighted by Gasteiger charge is 2.09. The Hall–Kier alpha value is -1.96. The van der Waals surface area contributed by atoms with Gasteiger partial charge >= 0.3 is 0 Å². The Bertz CT molecular complexity index is 647. The monoisotopic (exact) mass is 180 g/mol. The van der Waals surface area contributed by atoms with Crippen LogP contribution in [-0.4, -0.2) is 9.03 Å². The van der Waals surface area contributed by atoms with Crippen molar-refractivity contribution >= 4 is 21.9 Å². The van der Waals surface area contributed by atoms with Gasteiger partial charge in [0.25, 0.3) is 0 Å². The van der Waals surface area contributed by atoms with Crippen LogP contribution >= 0.6 is 0 Å². The van der Waals surface area contributed by atoms with E-state index in [1.54, 1.807) is 0 Å². The van der Waals surface area contributed by atoms with Crippen LogP contribution in [0, 0.1) is 0 Å². The Labute approximate surface area is 80.3 Å². The molecule has 0 fully saturated rings. The third-order valence-electron chi connectivity index (χ3n) is 2.91.